The zero-order valence-corrected chi connectivity index (χ0v) is 11.1. The molecule has 0 saturated heterocycles. The van der Waals surface area contributed by atoms with E-state index >= 15 is 0 Å². The minimum atomic E-state index is -0.664. The Balaban J connectivity index is 2.90. The third kappa shape index (κ3) is 3.69. The van der Waals surface area contributed by atoms with Gasteiger partial charge in [0.05, 0.1) is 12.7 Å². The quantitative estimate of drug-likeness (QED) is 0.877. The molecule has 0 aromatic heterocycles. The molecule has 1 aromatic rings. The van der Waals surface area contributed by atoms with Crippen molar-refractivity contribution in [3.05, 3.63) is 28.3 Å². The van der Waals surface area contributed by atoms with Gasteiger partial charge in [-0.2, -0.15) is 0 Å². The summed E-state index contributed by atoms with van der Waals surface area (Å²) < 4.78 is 5.31. The molecule has 0 atom stereocenters. The molecule has 16 heavy (non-hydrogen) atoms. The second-order valence-corrected chi connectivity index (χ2v) is 5.13. The summed E-state index contributed by atoms with van der Waals surface area (Å²) in [5, 5.41) is 10.4. The number of halogens is 1. The Kier molecular flexibility index (Phi) is 4.22. The topological polar surface area (TPSA) is 29.5 Å². The average molecular weight is 243 g/mol. The van der Waals surface area contributed by atoms with Gasteiger partial charge in [-0.1, -0.05) is 11.6 Å². The van der Waals surface area contributed by atoms with Gasteiger partial charge in [0.15, 0.2) is 0 Å². The van der Waals surface area contributed by atoms with Crippen molar-refractivity contribution in [2.75, 3.05) is 7.11 Å². The van der Waals surface area contributed by atoms with Gasteiger partial charge in [-0.3, -0.25) is 0 Å². The lowest BCUT2D eigenvalue weighted by Gasteiger charge is -2.18. The molecule has 1 rings (SSSR count). The average Bonchev–Trinajstić information content (AvgIpc) is 2.18. The minimum Gasteiger partial charge on any atom is -0.496 e. The molecular formula is C13H19ClO2. The van der Waals surface area contributed by atoms with Gasteiger partial charge in [-0.15, -0.1) is 0 Å². The van der Waals surface area contributed by atoms with Crippen molar-refractivity contribution < 1.29 is 9.84 Å². The summed E-state index contributed by atoms with van der Waals surface area (Å²) in [6.45, 7) is 5.55. The monoisotopic (exact) mass is 242 g/mol. The van der Waals surface area contributed by atoms with Gasteiger partial charge < -0.3 is 9.84 Å². The van der Waals surface area contributed by atoms with Crippen LogP contribution in [0.4, 0.5) is 0 Å². The fourth-order valence-electron chi connectivity index (χ4n) is 1.52. The highest BCUT2D eigenvalue weighted by Crippen LogP contribution is 2.28. The van der Waals surface area contributed by atoms with Crippen LogP contribution in [0.1, 0.15) is 31.4 Å². The van der Waals surface area contributed by atoms with E-state index in [2.05, 4.69) is 0 Å². The van der Waals surface area contributed by atoms with Crippen LogP contribution in [0, 0.1) is 6.92 Å². The fraction of sp³-hybridized carbons (Fsp3) is 0.538. The lowest BCUT2D eigenvalue weighted by molar-refractivity contribution is 0.0712. The minimum absolute atomic E-state index is 0.664. The zero-order valence-electron chi connectivity index (χ0n) is 10.3. The smallest absolute Gasteiger partial charge is 0.122 e. The Morgan fingerprint density at radius 1 is 1.38 bits per heavy atom. The number of hydrogen-bond donors (Lipinski definition) is 1. The molecule has 0 fully saturated rings. The number of ether oxygens (including phenoxy) is 1. The van der Waals surface area contributed by atoms with E-state index in [4.69, 9.17) is 16.3 Å². The summed E-state index contributed by atoms with van der Waals surface area (Å²) in [7, 11) is 1.65. The van der Waals surface area contributed by atoms with Crippen molar-refractivity contribution >= 4 is 11.6 Å². The van der Waals surface area contributed by atoms with Crippen LogP contribution in [-0.4, -0.2) is 17.8 Å². The maximum Gasteiger partial charge on any atom is 0.122 e. The summed E-state index contributed by atoms with van der Waals surface area (Å²) in [6, 6.07) is 3.85. The molecule has 2 nitrogen and oxygen atoms in total. The third-order valence-electron chi connectivity index (χ3n) is 2.57. The molecule has 0 aliphatic rings. The van der Waals surface area contributed by atoms with Gasteiger partial charge in [0, 0.05) is 5.02 Å². The zero-order chi connectivity index (χ0) is 12.3. The van der Waals surface area contributed by atoms with Crippen LogP contribution in [0.15, 0.2) is 12.1 Å². The van der Waals surface area contributed by atoms with Crippen molar-refractivity contribution in [1.82, 2.24) is 0 Å². The molecular weight excluding hydrogens is 224 g/mol. The molecule has 0 unspecified atom stereocenters. The Morgan fingerprint density at radius 2 is 2.00 bits per heavy atom. The van der Waals surface area contributed by atoms with E-state index in [9.17, 15) is 5.11 Å². The Hall–Kier alpha value is -0.730. The SMILES string of the molecule is COc1cc(C)c(Cl)cc1CCC(C)(C)O. The molecule has 0 aliphatic heterocycles. The lowest BCUT2D eigenvalue weighted by Crippen LogP contribution is -2.19. The van der Waals surface area contributed by atoms with Crippen molar-refractivity contribution in [1.29, 1.82) is 0 Å². The Morgan fingerprint density at radius 3 is 2.50 bits per heavy atom. The van der Waals surface area contributed by atoms with Gasteiger partial charge in [-0.25, -0.2) is 0 Å². The first-order valence-electron chi connectivity index (χ1n) is 5.39. The van der Waals surface area contributed by atoms with Gasteiger partial charge in [0.2, 0.25) is 0 Å². The number of hydrogen-bond acceptors (Lipinski definition) is 2. The highest BCUT2D eigenvalue weighted by Gasteiger charge is 2.14. The van der Waals surface area contributed by atoms with E-state index in [1.54, 1.807) is 21.0 Å². The molecule has 0 radical (unpaired) electrons. The highest BCUT2D eigenvalue weighted by molar-refractivity contribution is 6.31. The first-order chi connectivity index (χ1) is 7.33. The fourth-order valence-corrected chi connectivity index (χ4v) is 1.71. The summed E-state index contributed by atoms with van der Waals surface area (Å²) in [4.78, 5) is 0. The van der Waals surface area contributed by atoms with Crippen molar-refractivity contribution in [2.24, 2.45) is 0 Å². The van der Waals surface area contributed by atoms with E-state index in [0.717, 1.165) is 28.3 Å². The van der Waals surface area contributed by atoms with E-state index in [0.29, 0.717) is 6.42 Å². The predicted molar refractivity (Wildman–Crippen MR) is 67.4 cm³/mol. The molecule has 0 spiro atoms. The van der Waals surface area contributed by atoms with Gasteiger partial charge in [0.25, 0.3) is 0 Å². The van der Waals surface area contributed by atoms with E-state index in [-0.39, 0.29) is 0 Å². The Bertz CT molecular complexity index is 367. The Labute approximate surface area is 102 Å². The third-order valence-corrected chi connectivity index (χ3v) is 2.98. The van der Waals surface area contributed by atoms with Gasteiger partial charge in [-0.05, 0) is 56.9 Å². The van der Waals surface area contributed by atoms with Crippen molar-refractivity contribution in [2.45, 2.75) is 39.2 Å². The molecule has 0 aliphatic carbocycles. The number of benzene rings is 1. The van der Waals surface area contributed by atoms with Crippen LogP contribution in [0.3, 0.4) is 0 Å². The van der Waals surface area contributed by atoms with E-state index in [1.807, 2.05) is 19.1 Å². The maximum atomic E-state index is 9.69. The first-order valence-corrected chi connectivity index (χ1v) is 5.76. The first kappa shape index (κ1) is 13.3. The van der Waals surface area contributed by atoms with E-state index < -0.39 is 5.60 Å². The van der Waals surface area contributed by atoms with Gasteiger partial charge in [0.1, 0.15) is 5.75 Å². The maximum absolute atomic E-state index is 9.69. The summed E-state index contributed by atoms with van der Waals surface area (Å²) in [6.07, 6.45) is 1.44. The van der Waals surface area contributed by atoms with Crippen LogP contribution < -0.4 is 4.74 Å². The second-order valence-electron chi connectivity index (χ2n) is 4.73. The predicted octanol–water partition coefficient (Wildman–Crippen LogP) is 3.36. The second kappa shape index (κ2) is 5.07. The molecule has 3 heteroatoms. The van der Waals surface area contributed by atoms with E-state index in [1.165, 1.54) is 0 Å². The van der Waals surface area contributed by atoms with Crippen LogP contribution >= 0.6 is 11.6 Å². The summed E-state index contributed by atoms with van der Waals surface area (Å²) in [5.74, 6) is 0.839. The molecule has 1 aromatic carbocycles. The number of aryl methyl sites for hydroxylation is 2. The molecule has 0 heterocycles. The van der Waals surface area contributed by atoms with Crippen molar-refractivity contribution in [3.8, 4) is 5.75 Å². The van der Waals surface area contributed by atoms with Crippen molar-refractivity contribution in [3.63, 3.8) is 0 Å². The molecule has 0 saturated carbocycles. The molecule has 0 bridgehead atoms. The van der Waals surface area contributed by atoms with Crippen LogP contribution in [0.25, 0.3) is 0 Å². The number of aliphatic hydroxyl groups is 1. The van der Waals surface area contributed by atoms with Gasteiger partial charge >= 0.3 is 0 Å². The number of rotatable bonds is 4. The molecule has 1 N–H and O–H groups in total. The lowest BCUT2D eigenvalue weighted by atomic mass is 9.97. The molecule has 0 amide bonds. The van der Waals surface area contributed by atoms with Crippen LogP contribution in [0.2, 0.25) is 5.02 Å². The highest BCUT2D eigenvalue weighted by atomic mass is 35.5. The van der Waals surface area contributed by atoms with Crippen LogP contribution in [0.5, 0.6) is 5.75 Å². The summed E-state index contributed by atoms with van der Waals surface area (Å²) >= 11 is 6.07. The largest absolute Gasteiger partial charge is 0.496 e. The summed E-state index contributed by atoms with van der Waals surface area (Å²) in [5.41, 5.74) is 1.38. The molecule has 90 valence electrons. The standard InChI is InChI=1S/C13H19ClO2/c1-9-7-12(16-4)10(8-11(9)14)5-6-13(2,3)15/h7-8,15H,5-6H2,1-4H3. The number of methoxy groups -OCH3 is 1. The normalized spacial score (nSPS) is 11.6. The van der Waals surface area contributed by atoms with Crippen LogP contribution in [-0.2, 0) is 6.42 Å².